The minimum atomic E-state index is -0.653. The molecule has 0 unspecified atom stereocenters. The van der Waals surface area contributed by atoms with Crippen molar-refractivity contribution < 1.29 is 14.0 Å². The first kappa shape index (κ1) is 20.4. The molecule has 0 spiro atoms. The second-order valence-electron chi connectivity index (χ2n) is 6.03. The van der Waals surface area contributed by atoms with Crippen LogP contribution in [0.3, 0.4) is 0 Å². The number of nitrogens with one attached hydrogen (secondary N) is 1. The molecule has 5 nitrogen and oxygen atoms in total. The number of ketones is 1. The molecule has 2 aromatic carbocycles. The van der Waals surface area contributed by atoms with Crippen LogP contribution in [0.1, 0.15) is 23.0 Å². The van der Waals surface area contributed by atoms with Gasteiger partial charge in [0.05, 0.1) is 15.7 Å². The Kier molecular flexibility index (Phi) is 6.18. The number of halogens is 2. The molecule has 0 aliphatic carbocycles. The number of carbonyl (C=O) groups is 2. The van der Waals surface area contributed by atoms with Gasteiger partial charge in [0.2, 0.25) is 0 Å². The largest absolute Gasteiger partial charge is 0.457 e. The fourth-order valence-corrected chi connectivity index (χ4v) is 3.04. The molecule has 29 heavy (non-hydrogen) atoms. The molecule has 0 atom stereocenters. The summed E-state index contributed by atoms with van der Waals surface area (Å²) in [5.74, 6) is -0.108. The zero-order valence-corrected chi connectivity index (χ0v) is 16.7. The molecule has 3 aromatic rings. The van der Waals surface area contributed by atoms with Crippen LogP contribution in [0, 0.1) is 11.3 Å². The number of nitrogens with zero attached hydrogens (tertiary/aromatic N) is 1. The summed E-state index contributed by atoms with van der Waals surface area (Å²) < 4.78 is 5.70. The highest BCUT2D eigenvalue weighted by molar-refractivity contribution is 6.43. The van der Waals surface area contributed by atoms with Crippen molar-refractivity contribution in [2.45, 2.75) is 6.92 Å². The highest BCUT2D eigenvalue weighted by Crippen LogP contribution is 2.34. The lowest BCUT2D eigenvalue weighted by Gasteiger charge is -2.08. The lowest BCUT2D eigenvalue weighted by molar-refractivity contribution is -0.112. The Bertz CT molecular complexity index is 1170. The van der Waals surface area contributed by atoms with E-state index in [1.165, 1.54) is 13.0 Å². The first-order valence-electron chi connectivity index (χ1n) is 8.48. The number of para-hydroxylation sites is 1. The van der Waals surface area contributed by atoms with Gasteiger partial charge in [-0.05, 0) is 43.3 Å². The first-order valence-corrected chi connectivity index (χ1v) is 9.23. The fraction of sp³-hybridized carbons (Fsp3) is 0.0455. The van der Waals surface area contributed by atoms with Gasteiger partial charge in [-0.2, -0.15) is 5.26 Å². The van der Waals surface area contributed by atoms with E-state index in [9.17, 15) is 14.9 Å². The Hall–Kier alpha value is -3.33. The average molecular weight is 425 g/mol. The maximum absolute atomic E-state index is 12.5. The molecule has 0 fully saturated rings. The van der Waals surface area contributed by atoms with Crippen LogP contribution in [-0.4, -0.2) is 11.7 Å². The smallest absolute Gasteiger partial charge is 0.266 e. The topological polar surface area (TPSA) is 83.1 Å². The van der Waals surface area contributed by atoms with Crippen molar-refractivity contribution in [2.75, 3.05) is 5.32 Å². The van der Waals surface area contributed by atoms with E-state index in [4.69, 9.17) is 27.6 Å². The van der Waals surface area contributed by atoms with Crippen LogP contribution >= 0.6 is 23.2 Å². The lowest BCUT2D eigenvalue weighted by atomic mass is 10.1. The number of benzene rings is 2. The molecule has 1 aromatic heterocycles. The van der Waals surface area contributed by atoms with Crippen LogP contribution < -0.4 is 5.32 Å². The van der Waals surface area contributed by atoms with Crippen LogP contribution in [-0.2, 0) is 4.79 Å². The zero-order valence-electron chi connectivity index (χ0n) is 15.2. The van der Waals surface area contributed by atoms with Crippen LogP contribution in [0.5, 0.6) is 0 Å². The van der Waals surface area contributed by atoms with Gasteiger partial charge in [-0.25, -0.2) is 0 Å². The summed E-state index contributed by atoms with van der Waals surface area (Å²) in [6, 6.07) is 16.8. The van der Waals surface area contributed by atoms with E-state index >= 15 is 0 Å². The van der Waals surface area contributed by atoms with Crippen molar-refractivity contribution in [3.05, 3.63) is 81.5 Å². The van der Waals surface area contributed by atoms with Gasteiger partial charge in [-0.15, -0.1) is 0 Å². The molecule has 1 heterocycles. The summed E-state index contributed by atoms with van der Waals surface area (Å²) in [7, 11) is 0. The van der Waals surface area contributed by atoms with Crippen molar-refractivity contribution in [2.24, 2.45) is 0 Å². The Morgan fingerprint density at radius 1 is 1.07 bits per heavy atom. The second-order valence-corrected chi connectivity index (χ2v) is 6.81. The van der Waals surface area contributed by atoms with Crippen molar-refractivity contribution in [3.8, 4) is 17.4 Å². The molecule has 1 amide bonds. The summed E-state index contributed by atoms with van der Waals surface area (Å²) in [6.07, 6.45) is 1.31. The third kappa shape index (κ3) is 4.57. The highest BCUT2D eigenvalue weighted by Gasteiger charge is 2.15. The van der Waals surface area contributed by atoms with E-state index in [-0.39, 0.29) is 11.4 Å². The van der Waals surface area contributed by atoms with Gasteiger partial charge in [0, 0.05) is 17.2 Å². The van der Waals surface area contributed by atoms with Gasteiger partial charge < -0.3 is 9.73 Å². The van der Waals surface area contributed by atoms with Crippen LogP contribution in [0.4, 0.5) is 5.69 Å². The van der Waals surface area contributed by atoms with Gasteiger partial charge in [-0.3, -0.25) is 9.59 Å². The third-order valence-electron chi connectivity index (χ3n) is 4.05. The molecular weight excluding hydrogens is 411 g/mol. The number of Topliss-reactive ketones (excluding diaryl/α,β-unsaturated/α-hetero) is 1. The van der Waals surface area contributed by atoms with E-state index < -0.39 is 5.91 Å². The zero-order chi connectivity index (χ0) is 21.0. The summed E-state index contributed by atoms with van der Waals surface area (Å²) in [5.41, 5.74) is 1.10. The Morgan fingerprint density at radius 2 is 1.83 bits per heavy atom. The number of hydrogen-bond donors (Lipinski definition) is 1. The van der Waals surface area contributed by atoms with Gasteiger partial charge in [0.15, 0.2) is 5.78 Å². The quantitative estimate of drug-likeness (QED) is 0.309. The lowest BCUT2D eigenvalue weighted by Crippen LogP contribution is -2.15. The molecule has 0 bridgehead atoms. The molecule has 0 radical (unpaired) electrons. The number of furan rings is 1. The molecule has 7 heteroatoms. The fourth-order valence-electron chi connectivity index (χ4n) is 2.65. The van der Waals surface area contributed by atoms with Gasteiger partial charge in [0.25, 0.3) is 5.91 Å². The van der Waals surface area contributed by atoms with E-state index in [1.54, 1.807) is 54.6 Å². The van der Waals surface area contributed by atoms with Crippen molar-refractivity contribution in [1.82, 2.24) is 0 Å². The summed E-state index contributed by atoms with van der Waals surface area (Å²) in [5, 5.41) is 12.7. The summed E-state index contributed by atoms with van der Waals surface area (Å²) in [6.45, 7) is 1.40. The maximum atomic E-state index is 12.5. The molecule has 1 N–H and O–H groups in total. The molecule has 0 aliphatic heterocycles. The van der Waals surface area contributed by atoms with Gasteiger partial charge in [-0.1, -0.05) is 41.4 Å². The maximum Gasteiger partial charge on any atom is 0.266 e. The second kappa shape index (κ2) is 8.78. The van der Waals surface area contributed by atoms with Crippen LogP contribution in [0.2, 0.25) is 10.0 Å². The van der Waals surface area contributed by atoms with E-state index in [1.807, 2.05) is 6.07 Å². The minimum absolute atomic E-state index is 0.179. The minimum Gasteiger partial charge on any atom is -0.457 e. The third-order valence-corrected chi connectivity index (χ3v) is 4.87. The van der Waals surface area contributed by atoms with Crippen LogP contribution in [0.15, 0.2) is 64.6 Å². The number of rotatable bonds is 5. The normalized spacial score (nSPS) is 11.0. The number of carbonyl (C=O) groups excluding carboxylic acids is 2. The monoisotopic (exact) mass is 424 g/mol. The molecule has 0 saturated carbocycles. The average Bonchev–Trinajstić information content (AvgIpc) is 3.16. The van der Waals surface area contributed by atoms with Gasteiger partial charge >= 0.3 is 0 Å². The number of amides is 1. The molecule has 0 saturated heterocycles. The SMILES string of the molecule is CC(=O)c1ccccc1NC(=O)/C(C#N)=C\c1ccc(-c2cccc(Cl)c2Cl)o1. The summed E-state index contributed by atoms with van der Waals surface area (Å²) >= 11 is 12.2. The molecule has 144 valence electrons. The predicted octanol–water partition coefficient (Wildman–Crippen LogP) is 6.00. The Morgan fingerprint density at radius 3 is 2.55 bits per heavy atom. The number of hydrogen-bond acceptors (Lipinski definition) is 4. The number of nitriles is 1. The predicted molar refractivity (Wildman–Crippen MR) is 113 cm³/mol. The first-order chi connectivity index (χ1) is 13.9. The van der Waals surface area contributed by atoms with E-state index in [0.717, 1.165) is 0 Å². The Labute approximate surface area is 177 Å². The number of anilines is 1. The van der Waals surface area contributed by atoms with Gasteiger partial charge in [0.1, 0.15) is 23.2 Å². The Balaban J connectivity index is 1.87. The van der Waals surface area contributed by atoms with Crippen molar-refractivity contribution in [3.63, 3.8) is 0 Å². The van der Waals surface area contributed by atoms with Crippen molar-refractivity contribution in [1.29, 1.82) is 5.26 Å². The summed E-state index contributed by atoms with van der Waals surface area (Å²) in [4.78, 5) is 24.2. The van der Waals surface area contributed by atoms with Crippen molar-refractivity contribution >= 4 is 46.7 Å². The highest BCUT2D eigenvalue weighted by atomic mass is 35.5. The van der Waals surface area contributed by atoms with E-state index in [2.05, 4.69) is 5.32 Å². The molecule has 0 aliphatic rings. The molecular formula is C22H14Cl2N2O3. The van der Waals surface area contributed by atoms with E-state index in [0.29, 0.717) is 38.4 Å². The molecule has 3 rings (SSSR count). The standard InChI is InChI=1S/C22H14Cl2N2O3/c1-13(27)16-5-2-3-8-19(16)26-22(28)14(12-25)11-15-9-10-20(29-15)17-6-4-7-18(23)21(17)24/h2-11H,1H3,(H,26,28)/b14-11-. The van der Waals surface area contributed by atoms with Crippen LogP contribution in [0.25, 0.3) is 17.4 Å².